The molecule has 0 spiro atoms. The number of ether oxygens (including phenoxy) is 3. The summed E-state index contributed by atoms with van der Waals surface area (Å²) in [6.07, 6.45) is 0.185. The quantitative estimate of drug-likeness (QED) is 0.755. The predicted octanol–water partition coefficient (Wildman–Crippen LogP) is 2.23. The SMILES string of the molecule is COC(=O)[C@]1(NS(=O)(=O)c2ccc(Oc3ccc(F)cc3)cc2)CCOC1. The van der Waals surface area contributed by atoms with Crippen molar-refractivity contribution in [3.8, 4) is 11.5 Å². The minimum absolute atomic E-state index is 0.0378. The van der Waals surface area contributed by atoms with Gasteiger partial charge >= 0.3 is 5.97 Å². The van der Waals surface area contributed by atoms with Crippen LogP contribution in [0.2, 0.25) is 0 Å². The Balaban J connectivity index is 1.77. The Morgan fingerprint density at radius 3 is 2.22 bits per heavy atom. The van der Waals surface area contributed by atoms with Gasteiger partial charge in [-0.15, -0.1) is 0 Å². The Hall–Kier alpha value is -2.49. The normalized spacial score (nSPS) is 19.6. The first kappa shape index (κ1) is 19.3. The summed E-state index contributed by atoms with van der Waals surface area (Å²) in [6, 6.07) is 11.1. The number of nitrogens with one attached hydrogen (secondary N) is 1. The molecule has 0 aliphatic carbocycles. The number of carbonyl (C=O) groups excluding carboxylic acids is 1. The highest BCUT2D eigenvalue weighted by molar-refractivity contribution is 7.89. The van der Waals surface area contributed by atoms with Crippen LogP contribution in [0.4, 0.5) is 4.39 Å². The maximum Gasteiger partial charge on any atom is 0.329 e. The second kappa shape index (κ2) is 7.63. The molecule has 0 aromatic heterocycles. The fraction of sp³-hybridized carbons (Fsp3) is 0.278. The van der Waals surface area contributed by atoms with Gasteiger partial charge in [0.2, 0.25) is 10.0 Å². The lowest BCUT2D eigenvalue weighted by molar-refractivity contribution is -0.147. The molecule has 1 heterocycles. The Morgan fingerprint density at radius 1 is 1.11 bits per heavy atom. The standard InChI is InChI=1S/C18H18FNO6S/c1-24-17(21)18(10-11-25-12-18)20-27(22,23)16-8-6-15(7-9-16)26-14-4-2-13(19)3-5-14/h2-9,20H,10-12H2,1H3/t18-/m0/s1. The van der Waals surface area contributed by atoms with Crippen molar-refractivity contribution in [1.29, 1.82) is 0 Å². The largest absolute Gasteiger partial charge is 0.468 e. The van der Waals surface area contributed by atoms with Crippen molar-refractivity contribution in [3.63, 3.8) is 0 Å². The number of sulfonamides is 1. The van der Waals surface area contributed by atoms with Crippen LogP contribution in [0, 0.1) is 5.82 Å². The topological polar surface area (TPSA) is 90.9 Å². The van der Waals surface area contributed by atoms with Gasteiger partial charge in [0.15, 0.2) is 5.54 Å². The molecule has 0 saturated carbocycles. The van der Waals surface area contributed by atoms with E-state index in [1.165, 1.54) is 55.6 Å². The molecular weight excluding hydrogens is 377 g/mol. The summed E-state index contributed by atoms with van der Waals surface area (Å²) in [4.78, 5) is 12.0. The van der Waals surface area contributed by atoms with Crippen molar-refractivity contribution in [2.45, 2.75) is 16.9 Å². The van der Waals surface area contributed by atoms with Crippen molar-refractivity contribution in [2.75, 3.05) is 20.3 Å². The zero-order chi connectivity index (χ0) is 19.5. The average molecular weight is 395 g/mol. The lowest BCUT2D eigenvalue weighted by Crippen LogP contribution is -2.55. The Morgan fingerprint density at radius 2 is 1.70 bits per heavy atom. The third-order valence-corrected chi connectivity index (χ3v) is 5.66. The van der Waals surface area contributed by atoms with E-state index >= 15 is 0 Å². The first-order chi connectivity index (χ1) is 12.8. The molecule has 1 fully saturated rings. The predicted molar refractivity (Wildman–Crippen MR) is 93.4 cm³/mol. The maximum atomic E-state index is 12.9. The van der Waals surface area contributed by atoms with Gasteiger partial charge in [-0.1, -0.05) is 0 Å². The van der Waals surface area contributed by atoms with Crippen molar-refractivity contribution in [3.05, 3.63) is 54.3 Å². The van der Waals surface area contributed by atoms with Gasteiger partial charge in [0, 0.05) is 13.0 Å². The van der Waals surface area contributed by atoms with Crippen LogP contribution in [0.1, 0.15) is 6.42 Å². The van der Waals surface area contributed by atoms with Gasteiger partial charge in [0.25, 0.3) is 0 Å². The van der Waals surface area contributed by atoms with E-state index in [9.17, 15) is 17.6 Å². The van der Waals surface area contributed by atoms with Crippen LogP contribution in [-0.2, 0) is 24.3 Å². The third-order valence-electron chi connectivity index (χ3n) is 4.11. The number of rotatable bonds is 6. The van der Waals surface area contributed by atoms with E-state index in [2.05, 4.69) is 4.72 Å². The van der Waals surface area contributed by atoms with Gasteiger partial charge in [-0.2, -0.15) is 4.72 Å². The van der Waals surface area contributed by atoms with E-state index in [1.54, 1.807) is 0 Å². The fourth-order valence-electron chi connectivity index (χ4n) is 2.69. The van der Waals surface area contributed by atoms with Gasteiger partial charge in [-0.05, 0) is 48.5 Å². The summed E-state index contributed by atoms with van der Waals surface area (Å²) in [7, 11) is -2.80. The molecule has 0 amide bonds. The highest BCUT2D eigenvalue weighted by Crippen LogP contribution is 2.26. The molecule has 1 aliphatic rings. The van der Waals surface area contributed by atoms with E-state index in [-0.39, 0.29) is 30.3 Å². The fourth-order valence-corrected chi connectivity index (χ4v) is 4.06. The summed E-state index contributed by atoms with van der Waals surface area (Å²) < 4.78 is 56.1. The Kier molecular flexibility index (Phi) is 5.45. The molecule has 9 heteroatoms. The smallest absolute Gasteiger partial charge is 0.329 e. The Labute approximate surface area is 156 Å². The van der Waals surface area contributed by atoms with Gasteiger partial charge in [-0.25, -0.2) is 17.6 Å². The van der Waals surface area contributed by atoms with E-state index in [0.717, 1.165) is 0 Å². The van der Waals surface area contributed by atoms with Crippen LogP contribution < -0.4 is 9.46 Å². The second-order valence-electron chi connectivity index (χ2n) is 6.01. The molecule has 2 aromatic rings. The molecule has 1 atom stereocenters. The van der Waals surface area contributed by atoms with Gasteiger partial charge < -0.3 is 14.2 Å². The summed E-state index contributed by atoms with van der Waals surface area (Å²) in [5, 5.41) is 0. The van der Waals surface area contributed by atoms with Crippen LogP contribution in [-0.4, -0.2) is 40.2 Å². The first-order valence-corrected chi connectivity index (χ1v) is 9.57. The summed E-state index contributed by atoms with van der Waals surface area (Å²) >= 11 is 0. The molecule has 27 heavy (non-hydrogen) atoms. The van der Waals surface area contributed by atoms with E-state index in [0.29, 0.717) is 11.5 Å². The van der Waals surface area contributed by atoms with Crippen LogP contribution in [0.25, 0.3) is 0 Å². The first-order valence-electron chi connectivity index (χ1n) is 8.08. The molecular formula is C18H18FNO6S. The van der Waals surface area contributed by atoms with E-state index in [1.807, 2.05) is 0 Å². The minimum Gasteiger partial charge on any atom is -0.468 e. The van der Waals surface area contributed by atoms with Crippen molar-refractivity contribution < 1.29 is 31.8 Å². The second-order valence-corrected chi connectivity index (χ2v) is 7.69. The number of esters is 1. The van der Waals surface area contributed by atoms with Crippen LogP contribution in [0.3, 0.4) is 0 Å². The lowest BCUT2D eigenvalue weighted by Gasteiger charge is -2.25. The highest BCUT2D eigenvalue weighted by atomic mass is 32.2. The molecule has 1 saturated heterocycles. The number of carbonyl (C=O) groups is 1. The summed E-state index contributed by atoms with van der Waals surface area (Å²) in [5.74, 6) is -0.282. The molecule has 7 nitrogen and oxygen atoms in total. The van der Waals surface area contributed by atoms with E-state index < -0.39 is 21.5 Å². The van der Waals surface area contributed by atoms with Gasteiger partial charge in [0.1, 0.15) is 17.3 Å². The van der Waals surface area contributed by atoms with Crippen LogP contribution >= 0.6 is 0 Å². The zero-order valence-electron chi connectivity index (χ0n) is 14.5. The summed E-state index contributed by atoms with van der Waals surface area (Å²) in [5.41, 5.74) is -1.43. The molecule has 144 valence electrons. The van der Waals surface area contributed by atoms with Crippen molar-refractivity contribution in [1.82, 2.24) is 4.72 Å². The maximum absolute atomic E-state index is 12.9. The third kappa shape index (κ3) is 4.26. The molecule has 3 rings (SSSR count). The molecule has 1 N–H and O–H groups in total. The van der Waals surface area contributed by atoms with Gasteiger partial charge in [0.05, 0.1) is 18.6 Å². The molecule has 0 radical (unpaired) electrons. The lowest BCUT2D eigenvalue weighted by atomic mass is 10.0. The average Bonchev–Trinajstić information content (AvgIpc) is 3.12. The monoisotopic (exact) mass is 395 g/mol. The summed E-state index contributed by atoms with van der Waals surface area (Å²) in [6.45, 7) is 0.159. The number of halogens is 1. The molecule has 0 unspecified atom stereocenters. The number of methoxy groups -OCH3 is 1. The van der Waals surface area contributed by atoms with Crippen LogP contribution in [0.5, 0.6) is 11.5 Å². The van der Waals surface area contributed by atoms with Crippen molar-refractivity contribution >= 4 is 16.0 Å². The molecule has 2 aromatic carbocycles. The Bertz CT molecular complexity index is 906. The minimum atomic E-state index is -3.99. The zero-order valence-corrected chi connectivity index (χ0v) is 15.3. The van der Waals surface area contributed by atoms with Crippen molar-refractivity contribution in [2.24, 2.45) is 0 Å². The molecule has 0 bridgehead atoms. The number of hydrogen-bond acceptors (Lipinski definition) is 6. The number of benzene rings is 2. The highest BCUT2D eigenvalue weighted by Gasteiger charge is 2.46. The van der Waals surface area contributed by atoms with Gasteiger partial charge in [-0.3, -0.25) is 0 Å². The van der Waals surface area contributed by atoms with Crippen LogP contribution in [0.15, 0.2) is 53.4 Å². The number of hydrogen-bond donors (Lipinski definition) is 1. The molecule has 1 aliphatic heterocycles. The van der Waals surface area contributed by atoms with E-state index in [4.69, 9.17) is 14.2 Å².